The van der Waals surface area contributed by atoms with E-state index in [1.165, 1.54) is 0 Å². The zero-order chi connectivity index (χ0) is 13.5. The molecule has 100 valence electrons. The van der Waals surface area contributed by atoms with Crippen LogP contribution in [0.4, 0.5) is 5.82 Å². The SMILES string of the molecule is CCN(CC)CCN(C(C)=O)c1cccc(C)n1. The topological polar surface area (TPSA) is 36.4 Å². The van der Waals surface area contributed by atoms with Crippen LogP contribution in [0.25, 0.3) is 0 Å². The van der Waals surface area contributed by atoms with Crippen molar-refractivity contribution < 1.29 is 4.79 Å². The Morgan fingerprint density at radius 2 is 1.89 bits per heavy atom. The largest absolute Gasteiger partial charge is 0.302 e. The molecule has 0 bridgehead atoms. The third-order valence-corrected chi connectivity index (χ3v) is 3.06. The van der Waals surface area contributed by atoms with Gasteiger partial charge in [0.2, 0.25) is 5.91 Å². The van der Waals surface area contributed by atoms with Gasteiger partial charge in [-0.3, -0.25) is 9.69 Å². The number of hydrogen-bond acceptors (Lipinski definition) is 3. The molecule has 0 saturated carbocycles. The highest BCUT2D eigenvalue weighted by Crippen LogP contribution is 2.11. The summed E-state index contributed by atoms with van der Waals surface area (Å²) in [5, 5.41) is 0. The molecule has 0 aliphatic rings. The Morgan fingerprint density at radius 3 is 2.39 bits per heavy atom. The summed E-state index contributed by atoms with van der Waals surface area (Å²) in [5.74, 6) is 0.787. The number of aryl methyl sites for hydroxylation is 1. The van der Waals surface area contributed by atoms with Crippen molar-refractivity contribution in [1.29, 1.82) is 0 Å². The molecule has 0 radical (unpaired) electrons. The number of hydrogen-bond donors (Lipinski definition) is 0. The van der Waals surface area contributed by atoms with Crippen molar-refractivity contribution in [2.45, 2.75) is 27.7 Å². The molecule has 0 aliphatic heterocycles. The van der Waals surface area contributed by atoms with Gasteiger partial charge in [-0.25, -0.2) is 4.98 Å². The standard InChI is InChI=1S/C14H23N3O/c1-5-16(6-2)10-11-17(13(4)18)14-9-7-8-12(3)15-14/h7-9H,5-6,10-11H2,1-4H3. The summed E-state index contributed by atoms with van der Waals surface area (Å²) in [6, 6.07) is 5.76. The van der Waals surface area contributed by atoms with Crippen LogP contribution in [0.15, 0.2) is 18.2 Å². The Hall–Kier alpha value is -1.42. The summed E-state index contributed by atoms with van der Waals surface area (Å²) in [4.78, 5) is 20.2. The zero-order valence-electron chi connectivity index (χ0n) is 11.8. The monoisotopic (exact) mass is 249 g/mol. The second-order valence-electron chi connectivity index (χ2n) is 4.33. The summed E-state index contributed by atoms with van der Waals surface area (Å²) in [6.07, 6.45) is 0. The summed E-state index contributed by atoms with van der Waals surface area (Å²) in [6.45, 7) is 11.4. The number of rotatable bonds is 6. The Bertz CT molecular complexity index is 388. The molecule has 1 rings (SSSR count). The Kier molecular flexibility index (Phi) is 5.78. The van der Waals surface area contributed by atoms with Gasteiger partial charge in [-0.05, 0) is 32.1 Å². The van der Waals surface area contributed by atoms with Crippen LogP contribution in [0.1, 0.15) is 26.5 Å². The van der Waals surface area contributed by atoms with E-state index in [0.717, 1.165) is 31.1 Å². The van der Waals surface area contributed by atoms with Crippen LogP contribution in [0.3, 0.4) is 0 Å². The predicted octanol–water partition coefficient (Wildman–Crippen LogP) is 2.08. The molecule has 0 atom stereocenters. The maximum absolute atomic E-state index is 11.7. The number of carbonyl (C=O) groups excluding carboxylic acids is 1. The minimum atomic E-state index is 0.0419. The summed E-state index contributed by atoms with van der Waals surface area (Å²) in [7, 11) is 0. The van der Waals surface area contributed by atoms with Crippen LogP contribution < -0.4 is 4.90 Å². The van der Waals surface area contributed by atoms with Crippen LogP contribution in [-0.4, -0.2) is 42.0 Å². The maximum Gasteiger partial charge on any atom is 0.225 e. The first-order valence-corrected chi connectivity index (χ1v) is 6.52. The molecule has 1 aromatic heterocycles. The molecule has 4 heteroatoms. The number of nitrogens with zero attached hydrogens (tertiary/aromatic N) is 3. The lowest BCUT2D eigenvalue weighted by molar-refractivity contribution is -0.116. The van der Waals surface area contributed by atoms with Gasteiger partial charge in [-0.1, -0.05) is 19.9 Å². The van der Waals surface area contributed by atoms with E-state index in [4.69, 9.17) is 0 Å². The summed E-state index contributed by atoms with van der Waals surface area (Å²) in [5.41, 5.74) is 0.932. The molecular formula is C14H23N3O. The van der Waals surface area contributed by atoms with Gasteiger partial charge in [-0.15, -0.1) is 0 Å². The first kappa shape index (κ1) is 14.6. The Balaban J connectivity index is 2.74. The molecule has 0 N–H and O–H groups in total. The highest BCUT2D eigenvalue weighted by atomic mass is 16.2. The number of aromatic nitrogens is 1. The first-order valence-electron chi connectivity index (χ1n) is 6.52. The zero-order valence-corrected chi connectivity index (χ0v) is 11.8. The van der Waals surface area contributed by atoms with Crippen molar-refractivity contribution in [2.24, 2.45) is 0 Å². The van der Waals surface area contributed by atoms with E-state index in [0.29, 0.717) is 6.54 Å². The van der Waals surface area contributed by atoms with Crippen LogP contribution in [0.5, 0.6) is 0 Å². The van der Waals surface area contributed by atoms with E-state index < -0.39 is 0 Å². The number of anilines is 1. The van der Waals surface area contributed by atoms with Crippen LogP contribution in [0.2, 0.25) is 0 Å². The van der Waals surface area contributed by atoms with Crippen LogP contribution >= 0.6 is 0 Å². The van der Waals surface area contributed by atoms with Crippen molar-refractivity contribution in [2.75, 3.05) is 31.1 Å². The van der Waals surface area contributed by atoms with Crippen molar-refractivity contribution in [3.63, 3.8) is 0 Å². The van der Waals surface area contributed by atoms with Gasteiger partial charge in [0.25, 0.3) is 0 Å². The third-order valence-electron chi connectivity index (χ3n) is 3.06. The molecule has 0 aliphatic carbocycles. The minimum Gasteiger partial charge on any atom is -0.302 e. The number of likely N-dealkylation sites (N-methyl/N-ethyl adjacent to an activating group) is 1. The Morgan fingerprint density at radius 1 is 1.22 bits per heavy atom. The lowest BCUT2D eigenvalue weighted by Gasteiger charge is -2.25. The number of amides is 1. The van der Waals surface area contributed by atoms with Crippen molar-refractivity contribution in [1.82, 2.24) is 9.88 Å². The molecule has 18 heavy (non-hydrogen) atoms. The fourth-order valence-electron chi connectivity index (χ4n) is 1.89. The molecule has 0 unspecified atom stereocenters. The molecule has 0 aromatic carbocycles. The molecule has 0 saturated heterocycles. The highest BCUT2D eigenvalue weighted by molar-refractivity contribution is 5.90. The molecule has 1 amide bonds. The van der Waals surface area contributed by atoms with E-state index in [9.17, 15) is 4.79 Å². The average Bonchev–Trinajstić information content (AvgIpc) is 2.34. The van der Waals surface area contributed by atoms with Gasteiger partial charge in [0.05, 0.1) is 0 Å². The van der Waals surface area contributed by atoms with Gasteiger partial charge < -0.3 is 4.90 Å². The van der Waals surface area contributed by atoms with Gasteiger partial charge >= 0.3 is 0 Å². The highest BCUT2D eigenvalue weighted by Gasteiger charge is 2.13. The Labute approximate surface area is 110 Å². The molecule has 1 aromatic rings. The summed E-state index contributed by atoms with van der Waals surface area (Å²) < 4.78 is 0. The smallest absolute Gasteiger partial charge is 0.225 e. The molecule has 0 fully saturated rings. The van der Waals surface area contributed by atoms with Crippen LogP contribution in [0, 0.1) is 6.92 Å². The second kappa shape index (κ2) is 7.11. The van der Waals surface area contributed by atoms with Crippen molar-refractivity contribution >= 4 is 11.7 Å². The summed E-state index contributed by atoms with van der Waals surface area (Å²) >= 11 is 0. The molecule has 4 nitrogen and oxygen atoms in total. The van der Waals surface area contributed by atoms with Gasteiger partial charge in [-0.2, -0.15) is 0 Å². The van der Waals surface area contributed by atoms with Crippen LogP contribution in [-0.2, 0) is 4.79 Å². The second-order valence-corrected chi connectivity index (χ2v) is 4.33. The minimum absolute atomic E-state index is 0.0419. The lowest BCUT2D eigenvalue weighted by atomic mass is 10.3. The van der Waals surface area contributed by atoms with Gasteiger partial charge in [0.15, 0.2) is 0 Å². The number of carbonyl (C=O) groups is 1. The predicted molar refractivity (Wildman–Crippen MR) is 74.8 cm³/mol. The fourth-order valence-corrected chi connectivity index (χ4v) is 1.89. The molecule has 1 heterocycles. The quantitative estimate of drug-likeness (QED) is 0.774. The fraction of sp³-hybridized carbons (Fsp3) is 0.571. The van der Waals surface area contributed by atoms with Gasteiger partial charge in [0.1, 0.15) is 5.82 Å². The lowest BCUT2D eigenvalue weighted by Crippen LogP contribution is -2.38. The van der Waals surface area contributed by atoms with Gasteiger partial charge in [0, 0.05) is 25.7 Å². The van der Waals surface area contributed by atoms with E-state index in [1.807, 2.05) is 25.1 Å². The molecule has 0 spiro atoms. The average molecular weight is 249 g/mol. The van der Waals surface area contributed by atoms with E-state index in [1.54, 1.807) is 11.8 Å². The first-order chi connectivity index (χ1) is 8.58. The number of pyridine rings is 1. The van der Waals surface area contributed by atoms with Crippen molar-refractivity contribution in [3.05, 3.63) is 23.9 Å². The maximum atomic E-state index is 11.7. The normalized spacial score (nSPS) is 10.7. The van der Waals surface area contributed by atoms with E-state index >= 15 is 0 Å². The van der Waals surface area contributed by atoms with E-state index in [-0.39, 0.29) is 5.91 Å². The van der Waals surface area contributed by atoms with Crippen molar-refractivity contribution in [3.8, 4) is 0 Å². The molecular weight excluding hydrogens is 226 g/mol. The third kappa shape index (κ3) is 4.11. The van der Waals surface area contributed by atoms with E-state index in [2.05, 4.69) is 23.7 Å².